The highest BCUT2D eigenvalue weighted by Crippen LogP contribution is 2.43. The maximum atomic E-state index is 12.0. The van der Waals surface area contributed by atoms with Gasteiger partial charge in [0, 0.05) is 37.7 Å². The molecule has 0 radical (unpaired) electrons. The van der Waals surface area contributed by atoms with Crippen molar-refractivity contribution in [2.75, 3.05) is 18.5 Å². The molecule has 28 heavy (non-hydrogen) atoms. The van der Waals surface area contributed by atoms with Crippen LogP contribution in [-0.4, -0.2) is 36.1 Å². The molecule has 0 amide bonds. The Hall–Kier alpha value is -2.26. The SMILES string of the molecule is CC(C)n1ccnc1N=Nc1cc2c(cc1S(=O)(=O)O)N(C)CCCC2(C)C. The van der Waals surface area contributed by atoms with E-state index in [1.807, 2.05) is 30.4 Å². The number of imidazole rings is 1. The lowest BCUT2D eigenvalue weighted by atomic mass is 9.80. The minimum atomic E-state index is -4.46. The van der Waals surface area contributed by atoms with Crippen molar-refractivity contribution in [1.29, 1.82) is 0 Å². The van der Waals surface area contributed by atoms with Crippen molar-refractivity contribution in [2.45, 2.75) is 56.9 Å². The van der Waals surface area contributed by atoms with Crippen molar-refractivity contribution in [2.24, 2.45) is 10.2 Å². The second kappa shape index (κ2) is 7.29. The molecule has 152 valence electrons. The third-order valence-corrected chi connectivity index (χ3v) is 6.13. The summed E-state index contributed by atoms with van der Waals surface area (Å²) in [6.45, 7) is 9.05. The van der Waals surface area contributed by atoms with E-state index < -0.39 is 10.1 Å². The number of aromatic nitrogens is 2. The molecule has 0 spiro atoms. The van der Waals surface area contributed by atoms with Gasteiger partial charge < -0.3 is 9.47 Å². The lowest BCUT2D eigenvalue weighted by Gasteiger charge is -2.27. The van der Waals surface area contributed by atoms with E-state index in [0.717, 1.165) is 30.6 Å². The summed E-state index contributed by atoms with van der Waals surface area (Å²) in [6, 6.07) is 3.37. The Labute approximate surface area is 166 Å². The summed E-state index contributed by atoms with van der Waals surface area (Å²) in [4.78, 5) is 5.94. The monoisotopic (exact) mass is 405 g/mol. The normalized spacial score (nSPS) is 17.2. The van der Waals surface area contributed by atoms with Crippen molar-refractivity contribution >= 4 is 27.4 Å². The molecule has 8 nitrogen and oxygen atoms in total. The Morgan fingerprint density at radius 3 is 2.61 bits per heavy atom. The zero-order chi connectivity index (χ0) is 20.7. The third kappa shape index (κ3) is 3.95. The van der Waals surface area contributed by atoms with E-state index in [1.165, 1.54) is 6.07 Å². The van der Waals surface area contributed by atoms with Gasteiger partial charge in [0.1, 0.15) is 10.6 Å². The van der Waals surface area contributed by atoms with Gasteiger partial charge in [-0.1, -0.05) is 13.8 Å². The quantitative estimate of drug-likeness (QED) is 0.590. The molecule has 1 N–H and O–H groups in total. The van der Waals surface area contributed by atoms with Gasteiger partial charge in [0.2, 0.25) is 5.95 Å². The van der Waals surface area contributed by atoms with Crippen LogP contribution in [0.3, 0.4) is 0 Å². The molecule has 0 aliphatic carbocycles. The second-order valence-corrected chi connectivity index (χ2v) is 9.54. The summed E-state index contributed by atoms with van der Waals surface area (Å²) in [5.41, 5.74) is 1.74. The highest BCUT2D eigenvalue weighted by atomic mass is 32.2. The Morgan fingerprint density at radius 2 is 1.96 bits per heavy atom. The van der Waals surface area contributed by atoms with Crippen LogP contribution in [0.15, 0.2) is 39.7 Å². The molecule has 1 aromatic heterocycles. The summed E-state index contributed by atoms with van der Waals surface area (Å²) in [7, 11) is -2.54. The summed E-state index contributed by atoms with van der Waals surface area (Å²) in [5, 5.41) is 8.33. The van der Waals surface area contributed by atoms with Gasteiger partial charge in [-0.3, -0.25) is 4.55 Å². The number of hydrogen-bond acceptors (Lipinski definition) is 6. The fourth-order valence-electron chi connectivity index (χ4n) is 3.60. The molecule has 1 aromatic carbocycles. The molecule has 1 aliphatic rings. The molecular weight excluding hydrogens is 378 g/mol. The maximum absolute atomic E-state index is 12.0. The van der Waals surface area contributed by atoms with Crippen LogP contribution in [0.1, 0.15) is 52.1 Å². The Morgan fingerprint density at radius 1 is 1.25 bits per heavy atom. The van der Waals surface area contributed by atoms with Crippen LogP contribution < -0.4 is 4.90 Å². The molecular formula is C19H27N5O3S. The van der Waals surface area contributed by atoms with Crippen LogP contribution in [0, 0.1) is 0 Å². The first-order chi connectivity index (χ1) is 13.0. The average molecular weight is 406 g/mol. The zero-order valence-corrected chi connectivity index (χ0v) is 17.7. The summed E-state index contributed by atoms with van der Waals surface area (Å²) in [5.74, 6) is 0.377. The molecule has 3 rings (SSSR count). The van der Waals surface area contributed by atoms with Crippen LogP contribution in [0.5, 0.6) is 0 Å². The molecule has 0 fully saturated rings. The van der Waals surface area contributed by atoms with Crippen molar-refractivity contribution in [1.82, 2.24) is 9.55 Å². The number of rotatable bonds is 4. The van der Waals surface area contributed by atoms with E-state index in [0.29, 0.717) is 5.95 Å². The lowest BCUT2D eigenvalue weighted by molar-refractivity contribution is 0.475. The molecule has 2 heterocycles. The van der Waals surface area contributed by atoms with E-state index in [9.17, 15) is 13.0 Å². The standard InChI is InChI=1S/C19H27N5O3S/c1-13(2)24-10-8-20-18(24)22-21-15-11-14-16(12-17(15)28(25,26)27)23(5)9-6-7-19(14,3)4/h8,10-13H,6-7,9H2,1-5H3,(H,25,26,27). The smallest absolute Gasteiger partial charge is 0.296 e. The first kappa shape index (κ1) is 20.5. The Kier molecular flexibility index (Phi) is 5.33. The van der Waals surface area contributed by atoms with Crippen molar-refractivity contribution in [3.8, 4) is 0 Å². The van der Waals surface area contributed by atoms with E-state index in [2.05, 4.69) is 29.1 Å². The first-order valence-electron chi connectivity index (χ1n) is 9.32. The van der Waals surface area contributed by atoms with Crippen LogP contribution in [0.25, 0.3) is 0 Å². The topological polar surface area (TPSA) is 100 Å². The maximum Gasteiger partial charge on any atom is 0.296 e. The van der Waals surface area contributed by atoms with Gasteiger partial charge in [0.05, 0.1) is 0 Å². The molecule has 0 atom stereocenters. The fourth-order valence-corrected chi connectivity index (χ4v) is 4.22. The highest BCUT2D eigenvalue weighted by Gasteiger charge is 2.31. The van der Waals surface area contributed by atoms with Crippen LogP contribution in [0.4, 0.5) is 17.3 Å². The molecule has 2 aromatic rings. The minimum Gasteiger partial charge on any atom is -0.374 e. The molecule has 9 heteroatoms. The number of nitrogens with zero attached hydrogens (tertiary/aromatic N) is 5. The minimum absolute atomic E-state index is 0.114. The number of fused-ring (bicyclic) bond motifs is 1. The van der Waals surface area contributed by atoms with E-state index in [-0.39, 0.29) is 22.0 Å². The summed E-state index contributed by atoms with van der Waals surface area (Å²) >= 11 is 0. The van der Waals surface area contributed by atoms with Crippen LogP contribution in [-0.2, 0) is 15.5 Å². The predicted molar refractivity (Wildman–Crippen MR) is 109 cm³/mol. The van der Waals surface area contributed by atoms with Crippen LogP contribution >= 0.6 is 0 Å². The van der Waals surface area contributed by atoms with Gasteiger partial charge in [-0.05, 0) is 49.8 Å². The van der Waals surface area contributed by atoms with Gasteiger partial charge >= 0.3 is 0 Å². The zero-order valence-electron chi connectivity index (χ0n) is 16.9. The van der Waals surface area contributed by atoms with Gasteiger partial charge in [-0.15, -0.1) is 10.2 Å². The lowest BCUT2D eigenvalue weighted by Crippen LogP contribution is -2.20. The number of hydrogen-bond donors (Lipinski definition) is 1. The highest BCUT2D eigenvalue weighted by molar-refractivity contribution is 7.86. The van der Waals surface area contributed by atoms with Crippen molar-refractivity contribution in [3.63, 3.8) is 0 Å². The second-order valence-electron chi connectivity index (χ2n) is 8.15. The average Bonchev–Trinajstić information content (AvgIpc) is 3.03. The van der Waals surface area contributed by atoms with Crippen molar-refractivity contribution < 1.29 is 13.0 Å². The van der Waals surface area contributed by atoms with Crippen molar-refractivity contribution in [3.05, 3.63) is 30.1 Å². The number of anilines is 1. The first-order valence-corrected chi connectivity index (χ1v) is 10.8. The molecule has 0 saturated carbocycles. The van der Waals surface area contributed by atoms with Crippen LogP contribution in [0.2, 0.25) is 0 Å². The third-order valence-electron chi connectivity index (χ3n) is 5.24. The fraction of sp³-hybridized carbons (Fsp3) is 0.526. The molecule has 0 bridgehead atoms. The predicted octanol–water partition coefficient (Wildman–Crippen LogP) is 4.63. The van der Waals surface area contributed by atoms with E-state index >= 15 is 0 Å². The van der Waals surface area contributed by atoms with Gasteiger partial charge in [0.15, 0.2) is 0 Å². The molecule has 1 aliphatic heterocycles. The van der Waals surface area contributed by atoms with Gasteiger partial charge in [-0.25, -0.2) is 4.98 Å². The number of benzene rings is 1. The summed E-state index contributed by atoms with van der Waals surface area (Å²) < 4.78 is 35.7. The Bertz CT molecular complexity index is 1010. The van der Waals surface area contributed by atoms with E-state index in [4.69, 9.17) is 0 Å². The van der Waals surface area contributed by atoms with Gasteiger partial charge in [0.25, 0.3) is 10.1 Å². The van der Waals surface area contributed by atoms with Gasteiger partial charge in [-0.2, -0.15) is 8.42 Å². The Balaban J connectivity index is 2.18. The number of azo groups is 1. The molecule has 0 saturated heterocycles. The summed E-state index contributed by atoms with van der Waals surface area (Å²) in [6.07, 6.45) is 5.36. The molecule has 0 unspecified atom stereocenters. The largest absolute Gasteiger partial charge is 0.374 e. The van der Waals surface area contributed by atoms with E-state index in [1.54, 1.807) is 18.5 Å².